The number of benzene rings is 2. The molecule has 1 nitrogen and oxygen atoms in total. The molecule has 4 heteroatoms. The maximum absolute atomic E-state index is 13.4. The number of hydrogen-bond donors (Lipinski definition) is 1. The average Bonchev–Trinajstić information content (AvgIpc) is 2.32. The number of aryl methyl sites for hydroxylation is 1. The van der Waals surface area contributed by atoms with E-state index in [2.05, 4.69) is 27.9 Å². The summed E-state index contributed by atoms with van der Waals surface area (Å²) in [6.07, 6.45) is 0. The van der Waals surface area contributed by atoms with Gasteiger partial charge in [-0.25, -0.2) is 4.39 Å². The van der Waals surface area contributed by atoms with Crippen LogP contribution >= 0.6 is 34.2 Å². The zero-order valence-corrected chi connectivity index (χ0v) is 12.7. The van der Waals surface area contributed by atoms with E-state index in [9.17, 15) is 4.39 Å². The number of anilines is 1. The van der Waals surface area contributed by atoms with E-state index in [-0.39, 0.29) is 5.82 Å². The molecule has 0 atom stereocenters. The van der Waals surface area contributed by atoms with Gasteiger partial charge < -0.3 is 5.32 Å². The van der Waals surface area contributed by atoms with E-state index >= 15 is 0 Å². The van der Waals surface area contributed by atoms with Crippen molar-refractivity contribution in [2.24, 2.45) is 0 Å². The van der Waals surface area contributed by atoms with Crippen molar-refractivity contribution in [1.29, 1.82) is 0 Å². The van der Waals surface area contributed by atoms with Crippen LogP contribution in [0.1, 0.15) is 11.1 Å². The smallest absolute Gasteiger partial charge is 0.126 e. The van der Waals surface area contributed by atoms with Gasteiger partial charge in [0.25, 0.3) is 0 Å². The zero-order chi connectivity index (χ0) is 13.1. The van der Waals surface area contributed by atoms with Crippen LogP contribution in [0.15, 0.2) is 36.4 Å². The van der Waals surface area contributed by atoms with Crippen molar-refractivity contribution in [1.82, 2.24) is 0 Å². The minimum atomic E-state index is -0.167. The molecule has 2 aromatic carbocycles. The molecule has 94 valence electrons. The van der Waals surface area contributed by atoms with Crippen LogP contribution in [0.3, 0.4) is 0 Å². The van der Waals surface area contributed by atoms with Gasteiger partial charge in [-0.1, -0.05) is 23.7 Å². The molecule has 0 heterocycles. The van der Waals surface area contributed by atoms with Crippen molar-refractivity contribution >= 4 is 39.9 Å². The van der Waals surface area contributed by atoms with Crippen LogP contribution in [0.25, 0.3) is 0 Å². The summed E-state index contributed by atoms with van der Waals surface area (Å²) in [7, 11) is 0. The molecule has 1 N–H and O–H groups in total. The highest BCUT2D eigenvalue weighted by Gasteiger charge is 2.02. The van der Waals surface area contributed by atoms with Crippen LogP contribution in [0.2, 0.25) is 5.02 Å². The molecular formula is C14H12ClFIN. The summed E-state index contributed by atoms with van der Waals surface area (Å²) in [6, 6.07) is 10.9. The lowest BCUT2D eigenvalue weighted by Gasteiger charge is -2.09. The summed E-state index contributed by atoms with van der Waals surface area (Å²) in [5, 5.41) is 3.98. The second-order valence-electron chi connectivity index (χ2n) is 4.06. The average molecular weight is 376 g/mol. The first-order valence-electron chi connectivity index (χ1n) is 5.50. The van der Waals surface area contributed by atoms with Gasteiger partial charge in [0.2, 0.25) is 0 Å². The molecule has 0 unspecified atom stereocenters. The van der Waals surface area contributed by atoms with E-state index in [1.165, 1.54) is 0 Å². The standard InChI is InChI=1S/C14H12ClFIN/c1-9-2-3-10(6-12(9)16)8-18-14-5-4-11(15)7-13(14)17/h2-7,18H,8H2,1H3. The molecule has 0 aliphatic carbocycles. The first-order chi connectivity index (χ1) is 8.56. The fourth-order valence-electron chi connectivity index (χ4n) is 1.58. The molecule has 0 spiro atoms. The largest absolute Gasteiger partial charge is 0.380 e. The molecule has 2 rings (SSSR count). The number of hydrogen-bond acceptors (Lipinski definition) is 1. The molecule has 18 heavy (non-hydrogen) atoms. The summed E-state index contributed by atoms with van der Waals surface area (Å²) in [5.41, 5.74) is 2.59. The van der Waals surface area contributed by atoms with Crippen LogP contribution in [-0.4, -0.2) is 0 Å². The van der Waals surface area contributed by atoms with Gasteiger partial charge in [-0.15, -0.1) is 0 Å². The van der Waals surface area contributed by atoms with Crippen molar-refractivity contribution in [2.75, 3.05) is 5.32 Å². The highest BCUT2D eigenvalue weighted by Crippen LogP contribution is 2.23. The van der Waals surface area contributed by atoms with Gasteiger partial charge in [-0.3, -0.25) is 0 Å². The van der Waals surface area contributed by atoms with Gasteiger partial charge >= 0.3 is 0 Å². The molecule has 2 aromatic rings. The quantitative estimate of drug-likeness (QED) is 0.744. The highest BCUT2D eigenvalue weighted by atomic mass is 127. The van der Waals surface area contributed by atoms with E-state index in [4.69, 9.17) is 11.6 Å². The van der Waals surface area contributed by atoms with Crippen LogP contribution in [0, 0.1) is 16.3 Å². The summed E-state index contributed by atoms with van der Waals surface area (Å²) in [4.78, 5) is 0. The molecule has 0 radical (unpaired) electrons. The van der Waals surface area contributed by atoms with E-state index in [1.54, 1.807) is 19.1 Å². The molecule has 0 fully saturated rings. The highest BCUT2D eigenvalue weighted by molar-refractivity contribution is 14.1. The third-order valence-electron chi connectivity index (χ3n) is 2.65. The van der Waals surface area contributed by atoms with Crippen LogP contribution in [0.5, 0.6) is 0 Å². The number of rotatable bonds is 3. The van der Waals surface area contributed by atoms with Gasteiger partial charge in [0.05, 0.1) is 0 Å². The van der Waals surface area contributed by atoms with Gasteiger partial charge in [-0.2, -0.15) is 0 Å². The van der Waals surface area contributed by atoms with E-state index in [0.717, 1.165) is 14.8 Å². The van der Waals surface area contributed by atoms with Gasteiger partial charge in [0, 0.05) is 20.8 Å². The minimum absolute atomic E-state index is 0.167. The SMILES string of the molecule is Cc1ccc(CNc2ccc(Cl)cc2I)cc1F. The topological polar surface area (TPSA) is 12.0 Å². The lowest BCUT2D eigenvalue weighted by molar-refractivity contribution is 0.616. The lowest BCUT2D eigenvalue weighted by Crippen LogP contribution is -2.01. The van der Waals surface area contributed by atoms with Crippen molar-refractivity contribution in [2.45, 2.75) is 13.5 Å². The molecule has 0 saturated heterocycles. The third kappa shape index (κ3) is 3.36. The van der Waals surface area contributed by atoms with Crippen molar-refractivity contribution in [3.63, 3.8) is 0 Å². The Labute approximate surface area is 124 Å². The van der Waals surface area contributed by atoms with Crippen molar-refractivity contribution in [3.8, 4) is 0 Å². The van der Waals surface area contributed by atoms with Crippen LogP contribution in [-0.2, 0) is 6.54 Å². The third-order valence-corrected chi connectivity index (χ3v) is 3.78. The first kappa shape index (κ1) is 13.6. The van der Waals surface area contributed by atoms with Gasteiger partial charge in [0.15, 0.2) is 0 Å². The second kappa shape index (κ2) is 5.89. The Bertz CT molecular complexity index is 572. The number of nitrogens with one attached hydrogen (secondary N) is 1. The summed E-state index contributed by atoms with van der Waals surface area (Å²) in [5.74, 6) is -0.167. The van der Waals surface area contributed by atoms with Gasteiger partial charge in [0.1, 0.15) is 5.82 Å². The van der Waals surface area contributed by atoms with E-state index in [1.807, 2.05) is 24.3 Å². The fraction of sp³-hybridized carbons (Fsp3) is 0.143. The van der Waals surface area contributed by atoms with Crippen LogP contribution < -0.4 is 5.32 Å². The van der Waals surface area contributed by atoms with Gasteiger partial charge in [-0.05, 0) is 64.9 Å². The maximum atomic E-state index is 13.4. The molecule has 0 aliphatic heterocycles. The first-order valence-corrected chi connectivity index (χ1v) is 6.96. The van der Waals surface area contributed by atoms with E-state index < -0.39 is 0 Å². The van der Waals surface area contributed by atoms with E-state index in [0.29, 0.717) is 17.1 Å². The minimum Gasteiger partial charge on any atom is -0.380 e. The Morgan fingerprint density at radius 1 is 1.22 bits per heavy atom. The molecule has 0 aromatic heterocycles. The normalized spacial score (nSPS) is 10.4. The predicted molar refractivity (Wildman–Crippen MR) is 82.6 cm³/mol. The molecule has 0 bridgehead atoms. The Morgan fingerprint density at radius 2 is 2.00 bits per heavy atom. The Hall–Kier alpha value is -0.810. The summed E-state index contributed by atoms with van der Waals surface area (Å²) >= 11 is 8.11. The zero-order valence-electron chi connectivity index (χ0n) is 9.81. The number of halogens is 3. The fourth-order valence-corrected chi connectivity index (χ4v) is 2.64. The lowest BCUT2D eigenvalue weighted by atomic mass is 10.1. The molecule has 0 amide bonds. The Balaban J connectivity index is 2.09. The summed E-state index contributed by atoms with van der Waals surface area (Å²) in [6.45, 7) is 2.35. The molecule has 0 aliphatic rings. The Kier molecular flexibility index (Phi) is 4.45. The Morgan fingerprint density at radius 3 is 2.67 bits per heavy atom. The predicted octanol–water partition coefficient (Wildman–Crippen LogP) is 5.00. The summed E-state index contributed by atoms with van der Waals surface area (Å²) < 4.78 is 14.4. The second-order valence-corrected chi connectivity index (χ2v) is 5.66. The van der Waals surface area contributed by atoms with Crippen LogP contribution in [0.4, 0.5) is 10.1 Å². The van der Waals surface area contributed by atoms with Crippen molar-refractivity contribution < 1.29 is 4.39 Å². The monoisotopic (exact) mass is 375 g/mol. The van der Waals surface area contributed by atoms with Crippen molar-refractivity contribution in [3.05, 3.63) is 61.9 Å². The molecule has 0 saturated carbocycles. The molecular weight excluding hydrogens is 364 g/mol. The maximum Gasteiger partial charge on any atom is 0.126 e.